The highest BCUT2D eigenvalue weighted by Crippen LogP contribution is 2.39. The number of esters is 1. The van der Waals surface area contributed by atoms with Crippen LogP contribution in [0.3, 0.4) is 0 Å². The third-order valence-corrected chi connectivity index (χ3v) is 12.7. The van der Waals surface area contributed by atoms with E-state index in [0.29, 0.717) is 17.6 Å². The summed E-state index contributed by atoms with van der Waals surface area (Å²) in [5.74, 6) is 0.112. The first-order valence-electron chi connectivity index (χ1n) is 14.1. The van der Waals surface area contributed by atoms with Crippen molar-refractivity contribution in [1.29, 1.82) is 0 Å². The molecule has 3 atom stereocenters. The van der Waals surface area contributed by atoms with Gasteiger partial charge in [0.25, 0.3) is 5.91 Å². The molecule has 7 nitrogen and oxygen atoms in total. The Hall–Kier alpha value is -2.94. The molecule has 0 aliphatic carbocycles. The highest BCUT2D eigenvalue weighted by Gasteiger charge is 2.39. The van der Waals surface area contributed by atoms with E-state index in [2.05, 4.69) is 98.4 Å². The molecular formula is C32H47N3O4Si. The standard InChI is InChI=1S/C32H47N3O4Si/c1-10-18-34-21-24(3)35(22-23(34)2)30(25-14-16-26(17-15-25)31(37)33-20-29(36)38-7)27-12-11-13-28(19-27)39-40(8,9)32(4,5)6/h10-17,19,23-24,30H,1,18,20-22H2,2-9H3,(H,33,37)/t23-,24+,30-/m1/s1. The maximum atomic E-state index is 12.6. The van der Waals surface area contributed by atoms with Crippen LogP contribution in [0, 0.1) is 0 Å². The lowest BCUT2D eigenvalue weighted by atomic mass is 9.92. The lowest BCUT2D eigenvalue weighted by Gasteiger charge is -2.47. The van der Waals surface area contributed by atoms with Gasteiger partial charge in [-0.2, -0.15) is 0 Å². The molecule has 0 bridgehead atoms. The van der Waals surface area contributed by atoms with E-state index in [0.717, 1.165) is 36.5 Å². The number of benzene rings is 2. The van der Waals surface area contributed by atoms with E-state index in [1.807, 2.05) is 30.3 Å². The Morgan fingerprint density at radius 1 is 1.07 bits per heavy atom. The van der Waals surface area contributed by atoms with Crippen LogP contribution in [-0.2, 0) is 9.53 Å². The molecule has 2 aromatic rings. The molecule has 0 spiro atoms. The molecule has 3 rings (SSSR count). The number of carbonyl (C=O) groups is 2. The van der Waals surface area contributed by atoms with E-state index in [1.54, 1.807) is 0 Å². The van der Waals surface area contributed by atoms with Crippen molar-refractivity contribution in [3.63, 3.8) is 0 Å². The Balaban J connectivity index is 1.98. The third-order valence-electron chi connectivity index (χ3n) is 8.32. The first kappa shape index (κ1) is 31.6. The number of hydrogen-bond acceptors (Lipinski definition) is 6. The van der Waals surface area contributed by atoms with Crippen LogP contribution in [0.5, 0.6) is 5.75 Å². The summed E-state index contributed by atoms with van der Waals surface area (Å²) in [6, 6.07) is 16.9. The molecule has 1 aliphatic rings. The van der Waals surface area contributed by atoms with Gasteiger partial charge < -0.3 is 14.5 Å². The van der Waals surface area contributed by atoms with Gasteiger partial charge in [0.05, 0.1) is 13.2 Å². The van der Waals surface area contributed by atoms with Crippen LogP contribution < -0.4 is 9.74 Å². The Morgan fingerprint density at radius 3 is 2.35 bits per heavy atom. The van der Waals surface area contributed by atoms with Gasteiger partial charge in [0.2, 0.25) is 8.32 Å². The summed E-state index contributed by atoms with van der Waals surface area (Å²) in [4.78, 5) is 29.1. The quantitative estimate of drug-likeness (QED) is 0.228. The van der Waals surface area contributed by atoms with Crippen molar-refractivity contribution in [2.24, 2.45) is 0 Å². The Kier molecular flexibility index (Phi) is 10.4. The zero-order chi connectivity index (χ0) is 29.7. The van der Waals surface area contributed by atoms with E-state index >= 15 is 0 Å². The number of nitrogens with zero attached hydrogens (tertiary/aromatic N) is 2. The molecule has 2 aromatic carbocycles. The van der Waals surface area contributed by atoms with Gasteiger partial charge in [-0.25, -0.2) is 0 Å². The van der Waals surface area contributed by atoms with Gasteiger partial charge in [-0.1, -0.05) is 51.1 Å². The largest absolute Gasteiger partial charge is 0.543 e. The number of rotatable bonds is 10. The van der Waals surface area contributed by atoms with Crippen molar-refractivity contribution in [2.75, 3.05) is 33.3 Å². The van der Waals surface area contributed by atoms with Crippen LogP contribution in [0.15, 0.2) is 61.2 Å². The molecule has 0 radical (unpaired) electrons. The van der Waals surface area contributed by atoms with E-state index in [9.17, 15) is 9.59 Å². The molecule has 1 heterocycles. The van der Waals surface area contributed by atoms with Gasteiger partial charge in [0.15, 0.2) is 0 Å². The van der Waals surface area contributed by atoms with Crippen molar-refractivity contribution < 1.29 is 18.8 Å². The minimum atomic E-state index is -2.01. The van der Waals surface area contributed by atoms with Crippen LogP contribution in [0.2, 0.25) is 18.1 Å². The summed E-state index contributed by atoms with van der Waals surface area (Å²) in [5.41, 5.74) is 2.76. The average Bonchev–Trinajstić information content (AvgIpc) is 2.89. The monoisotopic (exact) mass is 565 g/mol. The molecule has 218 valence electrons. The Labute approximate surface area is 241 Å². The molecule has 1 amide bonds. The number of methoxy groups -OCH3 is 1. The fourth-order valence-electron chi connectivity index (χ4n) is 4.92. The van der Waals surface area contributed by atoms with Crippen LogP contribution >= 0.6 is 0 Å². The summed E-state index contributed by atoms with van der Waals surface area (Å²) in [7, 11) is -0.711. The summed E-state index contributed by atoms with van der Waals surface area (Å²) in [6.07, 6.45) is 1.97. The minimum Gasteiger partial charge on any atom is -0.543 e. The minimum absolute atomic E-state index is 0.0153. The third kappa shape index (κ3) is 7.62. The van der Waals surface area contributed by atoms with E-state index in [-0.39, 0.29) is 23.5 Å². The maximum absolute atomic E-state index is 12.6. The maximum Gasteiger partial charge on any atom is 0.325 e. The molecule has 1 fully saturated rings. The predicted molar refractivity (Wildman–Crippen MR) is 164 cm³/mol. The van der Waals surface area contributed by atoms with Crippen LogP contribution in [0.1, 0.15) is 62.1 Å². The van der Waals surface area contributed by atoms with E-state index < -0.39 is 14.3 Å². The summed E-state index contributed by atoms with van der Waals surface area (Å²) < 4.78 is 11.3. The number of nitrogens with one attached hydrogen (secondary N) is 1. The topological polar surface area (TPSA) is 71.1 Å². The highest BCUT2D eigenvalue weighted by molar-refractivity contribution is 6.74. The van der Waals surface area contributed by atoms with E-state index in [4.69, 9.17) is 4.43 Å². The van der Waals surface area contributed by atoms with Gasteiger partial charge in [0.1, 0.15) is 12.3 Å². The van der Waals surface area contributed by atoms with Crippen molar-refractivity contribution in [2.45, 2.75) is 70.9 Å². The van der Waals surface area contributed by atoms with Gasteiger partial charge in [-0.15, -0.1) is 6.58 Å². The molecule has 40 heavy (non-hydrogen) atoms. The lowest BCUT2D eigenvalue weighted by molar-refractivity contribution is -0.139. The number of hydrogen-bond donors (Lipinski definition) is 1. The van der Waals surface area contributed by atoms with E-state index in [1.165, 1.54) is 7.11 Å². The molecular weight excluding hydrogens is 518 g/mol. The zero-order valence-electron chi connectivity index (χ0n) is 25.5. The van der Waals surface area contributed by atoms with Crippen LogP contribution in [-0.4, -0.2) is 75.4 Å². The normalized spacial score (nSPS) is 19.5. The fraction of sp³-hybridized carbons (Fsp3) is 0.500. The molecule has 0 unspecified atom stereocenters. The molecule has 1 saturated heterocycles. The lowest BCUT2D eigenvalue weighted by Crippen LogP contribution is -2.57. The Morgan fingerprint density at radius 2 is 1.75 bits per heavy atom. The molecule has 8 heteroatoms. The predicted octanol–water partition coefficient (Wildman–Crippen LogP) is 5.64. The number of carbonyl (C=O) groups excluding carboxylic acids is 2. The number of ether oxygens (including phenoxy) is 1. The number of piperazine rings is 1. The van der Waals surface area contributed by atoms with Gasteiger partial charge >= 0.3 is 5.97 Å². The van der Waals surface area contributed by atoms with Gasteiger partial charge in [-0.3, -0.25) is 19.4 Å². The first-order chi connectivity index (χ1) is 18.8. The second kappa shape index (κ2) is 13.1. The zero-order valence-corrected chi connectivity index (χ0v) is 26.5. The molecule has 0 aromatic heterocycles. The van der Waals surface area contributed by atoms with Crippen LogP contribution in [0.25, 0.3) is 0 Å². The average molecular weight is 566 g/mol. The summed E-state index contributed by atoms with van der Waals surface area (Å²) in [5, 5.41) is 2.71. The van der Waals surface area contributed by atoms with Crippen molar-refractivity contribution in [1.82, 2.24) is 15.1 Å². The van der Waals surface area contributed by atoms with Crippen LogP contribution in [0.4, 0.5) is 0 Å². The fourth-order valence-corrected chi connectivity index (χ4v) is 5.94. The molecule has 1 aliphatic heterocycles. The smallest absolute Gasteiger partial charge is 0.325 e. The highest BCUT2D eigenvalue weighted by atomic mass is 28.4. The number of amides is 1. The van der Waals surface area contributed by atoms with Crippen molar-refractivity contribution in [3.05, 3.63) is 77.9 Å². The molecule has 1 N–H and O–H groups in total. The van der Waals surface area contributed by atoms with Crippen molar-refractivity contribution >= 4 is 20.2 Å². The second-order valence-corrected chi connectivity index (χ2v) is 17.1. The van der Waals surface area contributed by atoms with Gasteiger partial charge in [-0.05, 0) is 67.4 Å². The second-order valence-electron chi connectivity index (χ2n) is 12.4. The van der Waals surface area contributed by atoms with Crippen molar-refractivity contribution in [3.8, 4) is 5.75 Å². The summed E-state index contributed by atoms with van der Waals surface area (Å²) >= 11 is 0. The Bertz CT molecular complexity index is 1180. The first-order valence-corrected chi connectivity index (χ1v) is 17.0. The SMILES string of the molecule is C=CCN1C[C@H](C)N([C@H](c2ccc(C(=O)NCC(=O)OC)cc2)c2cccc(O[Si](C)(C)C(C)(C)C)c2)C[C@H]1C. The molecule has 0 saturated carbocycles. The summed E-state index contributed by atoms with van der Waals surface area (Å²) in [6.45, 7) is 22.3. The van der Waals surface area contributed by atoms with Gasteiger partial charge in [0, 0.05) is 37.3 Å².